The van der Waals surface area contributed by atoms with Crippen molar-refractivity contribution < 1.29 is 9.60 Å². The van der Waals surface area contributed by atoms with Gasteiger partial charge in [0.25, 0.3) is 0 Å². The maximum absolute atomic E-state index is 13.3. The zero-order chi connectivity index (χ0) is 11.4. The van der Waals surface area contributed by atoms with Gasteiger partial charge >= 0.3 is 0 Å². The van der Waals surface area contributed by atoms with Crippen LogP contribution in [-0.4, -0.2) is 17.1 Å². The van der Waals surface area contributed by atoms with E-state index >= 15 is 0 Å². The lowest BCUT2D eigenvalue weighted by Crippen LogP contribution is -2.33. The van der Waals surface area contributed by atoms with Crippen molar-refractivity contribution in [3.63, 3.8) is 0 Å². The standard InChI is InChI=1S/C9H11ClFN3O/c1-5(9(12)14-15)13-8-3-2-6(10)4-7(8)11/h2-5,13,15H,1H3,(H2,12,14). The second kappa shape index (κ2) is 4.84. The highest BCUT2D eigenvalue weighted by Crippen LogP contribution is 2.19. The Morgan fingerprint density at radius 3 is 2.87 bits per heavy atom. The molecule has 1 aromatic carbocycles. The quantitative estimate of drug-likeness (QED) is 0.323. The Labute approximate surface area is 91.5 Å². The molecular formula is C9H11ClFN3O. The molecule has 1 unspecified atom stereocenters. The fourth-order valence-corrected chi connectivity index (χ4v) is 1.16. The summed E-state index contributed by atoms with van der Waals surface area (Å²) in [5, 5.41) is 14.3. The summed E-state index contributed by atoms with van der Waals surface area (Å²) in [5.74, 6) is -0.510. The fourth-order valence-electron chi connectivity index (χ4n) is 1.00. The first kappa shape index (κ1) is 11.6. The van der Waals surface area contributed by atoms with Gasteiger partial charge in [-0.1, -0.05) is 16.8 Å². The van der Waals surface area contributed by atoms with E-state index in [-0.39, 0.29) is 11.5 Å². The van der Waals surface area contributed by atoms with Crippen molar-refractivity contribution >= 4 is 23.1 Å². The van der Waals surface area contributed by atoms with Gasteiger partial charge in [-0.05, 0) is 25.1 Å². The Bertz CT molecular complexity index is 384. The van der Waals surface area contributed by atoms with Crippen LogP contribution < -0.4 is 11.1 Å². The molecule has 82 valence electrons. The van der Waals surface area contributed by atoms with Gasteiger partial charge in [0, 0.05) is 5.02 Å². The molecule has 0 bridgehead atoms. The van der Waals surface area contributed by atoms with Crippen LogP contribution in [0.3, 0.4) is 0 Å². The molecule has 15 heavy (non-hydrogen) atoms. The third kappa shape index (κ3) is 2.99. The lowest BCUT2D eigenvalue weighted by Gasteiger charge is -2.14. The molecule has 0 aliphatic rings. The molecule has 6 heteroatoms. The third-order valence-corrected chi connectivity index (χ3v) is 2.10. The van der Waals surface area contributed by atoms with Crippen molar-refractivity contribution in [3.8, 4) is 0 Å². The highest BCUT2D eigenvalue weighted by Gasteiger charge is 2.10. The van der Waals surface area contributed by atoms with Gasteiger partial charge in [-0.25, -0.2) is 4.39 Å². The predicted octanol–water partition coefficient (Wildman–Crippen LogP) is 2.03. The zero-order valence-corrected chi connectivity index (χ0v) is 8.79. The van der Waals surface area contributed by atoms with Crippen molar-refractivity contribution in [2.24, 2.45) is 10.9 Å². The Morgan fingerprint density at radius 1 is 1.67 bits per heavy atom. The lowest BCUT2D eigenvalue weighted by atomic mass is 10.2. The Kier molecular flexibility index (Phi) is 3.74. The second-order valence-electron chi connectivity index (χ2n) is 3.02. The summed E-state index contributed by atoms with van der Waals surface area (Å²) in [6.45, 7) is 1.64. The van der Waals surface area contributed by atoms with Crippen LogP contribution in [0.4, 0.5) is 10.1 Å². The third-order valence-electron chi connectivity index (χ3n) is 1.86. The van der Waals surface area contributed by atoms with Gasteiger partial charge in [-0.2, -0.15) is 0 Å². The number of benzene rings is 1. The van der Waals surface area contributed by atoms with E-state index in [1.54, 1.807) is 13.0 Å². The van der Waals surface area contributed by atoms with Gasteiger partial charge in [0.1, 0.15) is 5.82 Å². The minimum absolute atomic E-state index is 0.0237. The highest BCUT2D eigenvalue weighted by molar-refractivity contribution is 6.30. The van der Waals surface area contributed by atoms with E-state index in [0.29, 0.717) is 5.02 Å². The molecule has 0 spiro atoms. The summed E-state index contributed by atoms with van der Waals surface area (Å²) in [6.07, 6.45) is 0. The number of rotatable bonds is 3. The van der Waals surface area contributed by atoms with Gasteiger partial charge in [0.15, 0.2) is 5.84 Å². The van der Waals surface area contributed by atoms with Crippen LogP contribution in [0.25, 0.3) is 0 Å². The monoisotopic (exact) mass is 231 g/mol. The molecule has 0 aliphatic heterocycles. The number of nitrogens with zero attached hydrogens (tertiary/aromatic N) is 1. The van der Waals surface area contributed by atoms with Crippen LogP contribution in [0.15, 0.2) is 23.4 Å². The minimum Gasteiger partial charge on any atom is -0.409 e. The summed E-state index contributed by atoms with van der Waals surface area (Å²) < 4.78 is 13.3. The molecule has 0 radical (unpaired) electrons. The number of nitrogens with one attached hydrogen (secondary N) is 1. The van der Waals surface area contributed by atoms with E-state index in [1.165, 1.54) is 12.1 Å². The van der Waals surface area contributed by atoms with E-state index in [0.717, 1.165) is 0 Å². The highest BCUT2D eigenvalue weighted by atomic mass is 35.5. The predicted molar refractivity (Wildman–Crippen MR) is 57.9 cm³/mol. The number of nitrogens with two attached hydrogens (primary N) is 1. The fraction of sp³-hybridized carbons (Fsp3) is 0.222. The zero-order valence-electron chi connectivity index (χ0n) is 8.04. The molecular weight excluding hydrogens is 221 g/mol. The van der Waals surface area contributed by atoms with Gasteiger partial charge in [-0.3, -0.25) is 0 Å². The van der Waals surface area contributed by atoms with Gasteiger partial charge in [0.2, 0.25) is 0 Å². The molecule has 0 aliphatic carbocycles. The van der Waals surface area contributed by atoms with E-state index < -0.39 is 11.9 Å². The Balaban J connectivity index is 2.81. The average Bonchev–Trinajstić information content (AvgIpc) is 2.20. The molecule has 0 saturated heterocycles. The van der Waals surface area contributed by atoms with E-state index in [1.807, 2.05) is 0 Å². The van der Waals surface area contributed by atoms with Gasteiger partial charge in [-0.15, -0.1) is 0 Å². The smallest absolute Gasteiger partial charge is 0.161 e. The minimum atomic E-state index is -0.486. The van der Waals surface area contributed by atoms with Crippen LogP contribution in [0, 0.1) is 5.82 Å². The molecule has 0 fully saturated rings. The summed E-state index contributed by atoms with van der Waals surface area (Å²) >= 11 is 5.59. The van der Waals surface area contributed by atoms with E-state index in [4.69, 9.17) is 22.5 Å². The van der Waals surface area contributed by atoms with Gasteiger partial charge < -0.3 is 16.3 Å². The first-order valence-corrected chi connectivity index (χ1v) is 4.61. The molecule has 4 nitrogen and oxygen atoms in total. The molecule has 4 N–H and O–H groups in total. The summed E-state index contributed by atoms with van der Waals surface area (Å²) in [5.41, 5.74) is 5.58. The molecule has 0 aromatic heterocycles. The second-order valence-corrected chi connectivity index (χ2v) is 3.45. The molecule has 1 aromatic rings. The van der Waals surface area contributed by atoms with Crippen LogP contribution in [0.2, 0.25) is 5.02 Å². The largest absolute Gasteiger partial charge is 0.409 e. The normalized spacial score (nSPS) is 13.7. The summed E-state index contributed by atoms with van der Waals surface area (Å²) in [6, 6.07) is 3.75. The maximum Gasteiger partial charge on any atom is 0.161 e. The first-order valence-electron chi connectivity index (χ1n) is 4.23. The van der Waals surface area contributed by atoms with Crippen LogP contribution in [0.5, 0.6) is 0 Å². The van der Waals surface area contributed by atoms with E-state index in [2.05, 4.69) is 10.5 Å². The van der Waals surface area contributed by atoms with E-state index in [9.17, 15) is 4.39 Å². The Morgan fingerprint density at radius 2 is 2.33 bits per heavy atom. The van der Waals surface area contributed by atoms with Crippen molar-refractivity contribution in [2.75, 3.05) is 5.32 Å². The first-order chi connectivity index (χ1) is 7.04. The number of oxime groups is 1. The summed E-state index contributed by atoms with van der Waals surface area (Å²) in [4.78, 5) is 0. The van der Waals surface area contributed by atoms with Crippen LogP contribution in [0.1, 0.15) is 6.92 Å². The molecule has 1 atom stereocenters. The number of amidine groups is 1. The molecule has 0 amide bonds. The topological polar surface area (TPSA) is 70.6 Å². The lowest BCUT2D eigenvalue weighted by molar-refractivity contribution is 0.316. The number of hydrogen-bond acceptors (Lipinski definition) is 3. The van der Waals surface area contributed by atoms with Crippen LogP contribution >= 0.6 is 11.6 Å². The van der Waals surface area contributed by atoms with Crippen molar-refractivity contribution in [1.29, 1.82) is 0 Å². The van der Waals surface area contributed by atoms with Crippen molar-refractivity contribution in [1.82, 2.24) is 0 Å². The Hall–Kier alpha value is -1.49. The summed E-state index contributed by atoms with van der Waals surface area (Å²) in [7, 11) is 0. The molecule has 0 saturated carbocycles. The number of hydrogen-bond donors (Lipinski definition) is 3. The average molecular weight is 232 g/mol. The van der Waals surface area contributed by atoms with Crippen LogP contribution in [-0.2, 0) is 0 Å². The number of halogens is 2. The maximum atomic E-state index is 13.3. The van der Waals surface area contributed by atoms with Gasteiger partial charge in [0.05, 0.1) is 11.7 Å². The van der Waals surface area contributed by atoms with Crippen molar-refractivity contribution in [2.45, 2.75) is 13.0 Å². The SMILES string of the molecule is CC(Nc1ccc(Cl)cc1F)C(N)=NO. The molecule has 1 rings (SSSR count). The van der Waals surface area contributed by atoms with Crippen molar-refractivity contribution in [3.05, 3.63) is 29.0 Å². The number of anilines is 1. The molecule has 0 heterocycles.